The quantitative estimate of drug-likeness (QED) is 0.0592. The number of hydrogen-bond donors (Lipinski definition) is 0. The largest absolute Gasteiger partial charge is 0.488 e. The fourth-order valence-corrected chi connectivity index (χ4v) is 11.5. The molecule has 12 aromatic rings. The van der Waals surface area contributed by atoms with E-state index in [-0.39, 0.29) is 0 Å². The molecular weight excluding hydrogens is 1140 g/mol. The van der Waals surface area contributed by atoms with E-state index in [1.807, 2.05) is 146 Å². The summed E-state index contributed by atoms with van der Waals surface area (Å²) in [6.45, 7) is 2.70. The summed E-state index contributed by atoms with van der Waals surface area (Å²) in [4.78, 5) is 0. The van der Waals surface area contributed by atoms with Crippen molar-refractivity contribution < 1.29 is 37.9 Å². The molecule has 0 radical (unpaired) electrons. The number of benzene rings is 12. The lowest BCUT2D eigenvalue weighted by molar-refractivity contribution is 0.282. The highest BCUT2D eigenvalue weighted by Crippen LogP contribution is 2.43. The van der Waals surface area contributed by atoms with Crippen LogP contribution >= 0.6 is 0 Å². The summed E-state index contributed by atoms with van der Waals surface area (Å²) in [6.07, 6.45) is 1.71. The van der Waals surface area contributed by atoms with Crippen molar-refractivity contribution in [2.45, 2.75) is 78.5 Å². The molecule has 0 saturated heterocycles. The summed E-state index contributed by atoms with van der Waals surface area (Å²) in [5, 5.41) is 0. The highest BCUT2D eigenvalue weighted by atomic mass is 16.5. The molecular formula is C84H72O8. The third-order valence-electron chi connectivity index (χ3n) is 16.4. The Labute approximate surface area is 539 Å². The SMILES string of the molecule is c1ccc(COc2cc(OCc3ccccc3)c3cc2Cc2cc(c(OCc4ccccc4)cc2OCc2ccccc2)Cc2cc(c(OCc4ccccc4)cc2OCc2ccccc2)Cc2cc(c(OCc4ccccc4)cc2OCc2ccccc2)C3)cc1. The Bertz CT molecular complexity index is 3480. The average Bonchev–Trinajstić information content (AvgIpc) is 0.907. The maximum absolute atomic E-state index is 7.04. The summed E-state index contributed by atoms with van der Waals surface area (Å²) in [6, 6.07) is 99.8. The summed E-state index contributed by atoms with van der Waals surface area (Å²) in [5.41, 5.74) is 16.0. The van der Waals surface area contributed by atoms with E-state index in [1.54, 1.807) is 0 Å². The third-order valence-corrected chi connectivity index (χ3v) is 16.4. The highest BCUT2D eigenvalue weighted by Gasteiger charge is 2.25. The second-order valence-corrected chi connectivity index (χ2v) is 23.2. The van der Waals surface area contributed by atoms with Crippen LogP contribution in [0.25, 0.3) is 0 Å². The van der Waals surface area contributed by atoms with Crippen molar-refractivity contribution in [3.05, 3.63) is 380 Å². The van der Waals surface area contributed by atoms with Crippen molar-refractivity contribution in [3.8, 4) is 46.0 Å². The van der Waals surface area contributed by atoms with Crippen LogP contribution in [0.5, 0.6) is 46.0 Å². The molecule has 0 atom stereocenters. The molecule has 0 N–H and O–H groups in total. The van der Waals surface area contributed by atoms with Crippen LogP contribution in [0, 0.1) is 0 Å². The predicted octanol–water partition coefficient (Wildman–Crippen LogP) is 19.0. The fraction of sp³-hybridized carbons (Fsp3) is 0.143. The lowest BCUT2D eigenvalue weighted by Gasteiger charge is -2.24. The van der Waals surface area contributed by atoms with Gasteiger partial charge in [-0.15, -0.1) is 0 Å². The zero-order valence-electron chi connectivity index (χ0n) is 51.5. The van der Waals surface area contributed by atoms with Gasteiger partial charge in [-0.3, -0.25) is 0 Å². The Morgan fingerprint density at radius 2 is 0.272 bits per heavy atom. The molecule has 92 heavy (non-hydrogen) atoms. The molecule has 0 unspecified atom stereocenters. The van der Waals surface area contributed by atoms with Gasteiger partial charge in [0.05, 0.1) is 0 Å². The van der Waals surface area contributed by atoms with Crippen molar-refractivity contribution in [2.75, 3.05) is 0 Å². The fourth-order valence-electron chi connectivity index (χ4n) is 11.5. The maximum Gasteiger partial charge on any atom is 0.127 e. The van der Waals surface area contributed by atoms with Crippen LogP contribution < -0.4 is 37.9 Å². The van der Waals surface area contributed by atoms with Crippen molar-refractivity contribution in [3.63, 3.8) is 0 Å². The van der Waals surface area contributed by atoms with Gasteiger partial charge < -0.3 is 37.9 Å². The van der Waals surface area contributed by atoms with E-state index in [1.165, 1.54) is 0 Å². The first kappa shape index (κ1) is 60.0. The molecule has 1 aliphatic carbocycles. The second kappa shape index (κ2) is 30.0. The van der Waals surface area contributed by atoms with E-state index in [0.717, 1.165) is 89.0 Å². The number of hydrogen-bond acceptors (Lipinski definition) is 8. The Kier molecular flexibility index (Phi) is 19.6. The molecule has 456 valence electrons. The predicted molar refractivity (Wildman–Crippen MR) is 363 cm³/mol. The molecule has 8 bridgehead atoms. The summed E-state index contributed by atoms with van der Waals surface area (Å²) in [7, 11) is 0. The van der Waals surface area contributed by atoms with Crippen LogP contribution in [0.15, 0.2) is 291 Å². The smallest absolute Gasteiger partial charge is 0.127 e. The Morgan fingerprint density at radius 3 is 0.391 bits per heavy atom. The van der Waals surface area contributed by atoms with Gasteiger partial charge in [0.2, 0.25) is 0 Å². The van der Waals surface area contributed by atoms with Gasteiger partial charge in [-0.25, -0.2) is 0 Å². The van der Waals surface area contributed by atoms with Gasteiger partial charge in [0.1, 0.15) is 98.9 Å². The first-order chi connectivity index (χ1) is 45.5. The lowest BCUT2D eigenvalue weighted by atomic mass is 9.91. The van der Waals surface area contributed by atoms with E-state index >= 15 is 0 Å². The van der Waals surface area contributed by atoms with E-state index in [0.29, 0.717) is 125 Å². The van der Waals surface area contributed by atoms with Crippen LogP contribution in [-0.4, -0.2) is 0 Å². The van der Waals surface area contributed by atoms with Crippen LogP contribution in [0.1, 0.15) is 89.0 Å². The van der Waals surface area contributed by atoms with Gasteiger partial charge in [-0.05, 0) is 113 Å². The zero-order chi connectivity index (χ0) is 61.9. The van der Waals surface area contributed by atoms with Gasteiger partial charge in [0, 0.05) is 49.9 Å². The molecule has 0 fully saturated rings. The molecule has 0 heterocycles. The first-order valence-corrected chi connectivity index (χ1v) is 31.5. The van der Waals surface area contributed by atoms with Crippen molar-refractivity contribution >= 4 is 0 Å². The summed E-state index contributed by atoms with van der Waals surface area (Å²) >= 11 is 0. The van der Waals surface area contributed by atoms with E-state index in [2.05, 4.69) is 146 Å². The van der Waals surface area contributed by atoms with Gasteiger partial charge >= 0.3 is 0 Å². The zero-order valence-corrected chi connectivity index (χ0v) is 51.5. The van der Waals surface area contributed by atoms with Gasteiger partial charge in [-0.2, -0.15) is 0 Å². The number of ether oxygens (including phenoxy) is 8. The van der Waals surface area contributed by atoms with E-state index in [4.69, 9.17) is 37.9 Å². The molecule has 0 saturated carbocycles. The Morgan fingerprint density at radius 1 is 0.152 bits per heavy atom. The minimum absolute atomic E-state index is 0.338. The van der Waals surface area contributed by atoms with Crippen molar-refractivity contribution in [1.29, 1.82) is 0 Å². The van der Waals surface area contributed by atoms with E-state index < -0.39 is 0 Å². The maximum atomic E-state index is 7.04. The van der Waals surface area contributed by atoms with Crippen LogP contribution in [0.4, 0.5) is 0 Å². The summed E-state index contributed by atoms with van der Waals surface area (Å²) < 4.78 is 56.3. The monoisotopic (exact) mass is 1210 g/mol. The van der Waals surface area contributed by atoms with Crippen molar-refractivity contribution in [1.82, 2.24) is 0 Å². The van der Waals surface area contributed by atoms with Crippen LogP contribution in [0.2, 0.25) is 0 Å². The molecule has 0 spiro atoms. The normalized spacial score (nSPS) is 11.7. The van der Waals surface area contributed by atoms with Crippen LogP contribution in [-0.2, 0) is 78.5 Å². The lowest BCUT2D eigenvalue weighted by Crippen LogP contribution is -2.10. The second-order valence-electron chi connectivity index (χ2n) is 23.2. The topological polar surface area (TPSA) is 73.8 Å². The highest BCUT2D eigenvalue weighted by molar-refractivity contribution is 5.59. The first-order valence-electron chi connectivity index (χ1n) is 31.5. The van der Waals surface area contributed by atoms with E-state index in [9.17, 15) is 0 Å². The minimum atomic E-state index is 0.338. The Balaban J connectivity index is 1.04. The van der Waals surface area contributed by atoms with Gasteiger partial charge in [-0.1, -0.05) is 243 Å². The van der Waals surface area contributed by atoms with Crippen LogP contribution in [0.3, 0.4) is 0 Å². The van der Waals surface area contributed by atoms with Gasteiger partial charge in [0.25, 0.3) is 0 Å². The summed E-state index contributed by atoms with van der Waals surface area (Å²) in [5.74, 6) is 5.56. The molecule has 8 nitrogen and oxygen atoms in total. The Hall–Kier alpha value is -11.0. The molecule has 8 heteroatoms. The minimum Gasteiger partial charge on any atom is -0.488 e. The molecule has 1 aliphatic rings. The molecule has 0 amide bonds. The van der Waals surface area contributed by atoms with Crippen molar-refractivity contribution in [2.24, 2.45) is 0 Å². The standard InChI is InChI=1S/C84H72O8/c1-9-25-61(26-10-1)53-85-77-49-78(86-54-62-27-11-2-12-28-62)70-41-69(77)45-71-42-72(80(88-56-64-31-15-4-16-32-64)50-79(71)87-55-63-29-13-3-14-30-63)47-75-44-76(84(92-60-68-39-23-8-24-40-68)52-83(75)91-59-67-37-21-7-22-38-67)48-74-43-73(46-70)81(89-57-65-33-17-5-18-34-65)51-82(74)90-58-66-35-19-6-20-36-66/h1-44,49-52H,45-48,53-60H2. The number of fused-ring (bicyclic) bond motifs is 8. The van der Waals surface area contributed by atoms with Gasteiger partial charge in [0.15, 0.2) is 0 Å². The average molecular weight is 1210 g/mol. The molecule has 12 aromatic carbocycles. The molecule has 0 aromatic heterocycles. The third kappa shape index (κ3) is 16.1. The molecule has 13 rings (SSSR count). The number of rotatable bonds is 24. The molecule has 0 aliphatic heterocycles.